The number of rotatable bonds is 17. The smallest absolute Gasteiger partial charge is 0.253 e. The van der Waals surface area contributed by atoms with Crippen molar-refractivity contribution < 1.29 is 24.2 Å². The van der Waals surface area contributed by atoms with Crippen LogP contribution in [0.4, 0.5) is 11.4 Å². The van der Waals surface area contributed by atoms with Gasteiger partial charge in [0.15, 0.2) is 0 Å². The van der Waals surface area contributed by atoms with Crippen molar-refractivity contribution in [3.63, 3.8) is 0 Å². The molecule has 1 N–H and O–H groups in total. The molecule has 5 atom stereocenters. The van der Waals surface area contributed by atoms with Crippen LogP contribution < -0.4 is 9.80 Å². The monoisotopic (exact) mass is 656 g/mol. The Morgan fingerprint density at radius 2 is 1.60 bits per heavy atom. The van der Waals surface area contributed by atoms with Crippen LogP contribution in [0.5, 0.6) is 0 Å². The minimum absolute atomic E-state index is 0.0107. The second kappa shape index (κ2) is 15.1. The van der Waals surface area contributed by atoms with Crippen molar-refractivity contribution in [1.82, 2.24) is 9.80 Å². The molecule has 0 saturated carbocycles. The molecule has 48 heavy (non-hydrogen) atoms. The Bertz CT molecular complexity index is 1460. The zero-order valence-corrected chi connectivity index (χ0v) is 28.9. The van der Waals surface area contributed by atoms with Crippen LogP contribution in [-0.4, -0.2) is 89.2 Å². The summed E-state index contributed by atoms with van der Waals surface area (Å²) in [6.45, 7) is 17.1. The third-order valence-corrected chi connectivity index (χ3v) is 10.7. The summed E-state index contributed by atoms with van der Waals surface area (Å²) in [5.41, 5.74) is 0.775. The topological polar surface area (TPSA) is 93.6 Å². The van der Waals surface area contributed by atoms with Gasteiger partial charge >= 0.3 is 0 Å². The summed E-state index contributed by atoms with van der Waals surface area (Å²) < 4.78 is 7.05. The van der Waals surface area contributed by atoms with Crippen molar-refractivity contribution in [3.05, 3.63) is 85.5 Å². The lowest BCUT2D eigenvalue weighted by Crippen LogP contribution is -2.56. The standard InChI is InChI=1S/C39H52N4O5/c1-6-24-41(28-29-16-12-11-13-17-29)35(45)32-33-36(46)43(26-14-15-27-44)34(39(33)23-22-38(32,8-3)48-39)37(47)42(25-7-2)31-20-18-30(19-21-31)40(9-4)10-5/h6-7,11-13,16-21,32-34,44H,1-2,8-10,14-15,22-28H2,3-5H3/t32-,33+,34?,38+,39?/m1/s1. The number of anilines is 2. The summed E-state index contributed by atoms with van der Waals surface area (Å²) in [6.07, 6.45) is 6.09. The SMILES string of the molecule is C=CCN(Cc1ccccc1)C(=O)[C@H]1[C@H]2C(=O)N(CCCCO)C(C(=O)N(CC=C)c3ccc(N(CC)CC)cc3)C23CC[C@]1(CC)O3. The molecule has 2 aromatic rings. The molecule has 3 heterocycles. The van der Waals surface area contributed by atoms with E-state index in [9.17, 15) is 19.5 Å². The van der Waals surface area contributed by atoms with E-state index in [1.54, 1.807) is 26.9 Å². The van der Waals surface area contributed by atoms with E-state index in [0.29, 0.717) is 57.4 Å². The maximum Gasteiger partial charge on any atom is 0.253 e. The lowest BCUT2D eigenvalue weighted by molar-refractivity contribution is -0.151. The minimum Gasteiger partial charge on any atom is -0.396 e. The van der Waals surface area contributed by atoms with Crippen molar-refractivity contribution in [3.8, 4) is 0 Å². The molecule has 258 valence electrons. The van der Waals surface area contributed by atoms with Crippen LogP contribution in [0.2, 0.25) is 0 Å². The molecule has 2 bridgehead atoms. The lowest BCUT2D eigenvalue weighted by Gasteiger charge is -2.37. The van der Waals surface area contributed by atoms with Gasteiger partial charge in [0.25, 0.3) is 5.91 Å². The minimum atomic E-state index is -1.14. The van der Waals surface area contributed by atoms with Crippen LogP contribution in [0.25, 0.3) is 0 Å². The Morgan fingerprint density at radius 1 is 0.938 bits per heavy atom. The molecule has 3 aliphatic rings. The number of aliphatic hydroxyl groups is 1. The fourth-order valence-electron chi connectivity index (χ4n) is 8.43. The first kappa shape index (κ1) is 35.4. The number of benzene rings is 2. The number of ether oxygens (including phenoxy) is 1. The molecule has 0 aromatic heterocycles. The molecule has 3 aliphatic heterocycles. The van der Waals surface area contributed by atoms with Crippen LogP contribution in [0, 0.1) is 11.8 Å². The third kappa shape index (κ3) is 6.18. The Labute approximate surface area is 285 Å². The fraction of sp³-hybridized carbons (Fsp3) is 0.513. The highest BCUT2D eigenvalue weighted by atomic mass is 16.5. The molecule has 0 radical (unpaired) electrons. The van der Waals surface area contributed by atoms with Crippen molar-refractivity contribution >= 4 is 29.1 Å². The fourth-order valence-corrected chi connectivity index (χ4v) is 8.43. The number of unbranched alkanes of at least 4 members (excludes halogenated alkanes) is 1. The van der Waals surface area contributed by atoms with Crippen LogP contribution in [0.3, 0.4) is 0 Å². The van der Waals surface area contributed by atoms with Gasteiger partial charge in [0.1, 0.15) is 11.6 Å². The van der Waals surface area contributed by atoms with Gasteiger partial charge in [-0.1, -0.05) is 49.4 Å². The summed E-state index contributed by atoms with van der Waals surface area (Å²) in [5.74, 6) is -2.11. The van der Waals surface area contributed by atoms with E-state index in [-0.39, 0.29) is 30.9 Å². The second-order valence-corrected chi connectivity index (χ2v) is 13.2. The first-order valence-corrected chi connectivity index (χ1v) is 17.6. The predicted octanol–water partition coefficient (Wildman–Crippen LogP) is 5.19. The predicted molar refractivity (Wildman–Crippen MR) is 189 cm³/mol. The average Bonchev–Trinajstić information content (AvgIpc) is 3.71. The molecule has 3 saturated heterocycles. The number of hydrogen-bond acceptors (Lipinski definition) is 6. The maximum atomic E-state index is 15.0. The largest absolute Gasteiger partial charge is 0.396 e. The molecule has 1 spiro atoms. The zero-order valence-electron chi connectivity index (χ0n) is 28.9. The summed E-state index contributed by atoms with van der Waals surface area (Å²) >= 11 is 0. The van der Waals surface area contributed by atoms with Crippen molar-refractivity contribution in [2.75, 3.05) is 49.1 Å². The number of fused-ring (bicyclic) bond motifs is 1. The number of amides is 3. The highest BCUT2D eigenvalue weighted by molar-refractivity contribution is 6.05. The number of carbonyl (C=O) groups excluding carboxylic acids is 3. The Kier molecular flexibility index (Phi) is 11.1. The summed E-state index contributed by atoms with van der Waals surface area (Å²) in [6, 6.07) is 16.8. The van der Waals surface area contributed by atoms with Crippen LogP contribution in [0.15, 0.2) is 79.9 Å². The van der Waals surface area contributed by atoms with Gasteiger partial charge in [0, 0.05) is 57.3 Å². The first-order valence-electron chi connectivity index (χ1n) is 17.6. The average molecular weight is 657 g/mol. The van der Waals surface area contributed by atoms with Gasteiger partial charge in [-0.3, -0.25) is 14.4 Å². The quantitative estimate of drug-likeness (QED) is 0.186. The third-order valence-electron chi connectivity index (χ3n) is 10.7. The van der Waals surface area contributed by atoms with Gasteiger partial charge in [-0.15, -0.1) is 13.2 Å². The molecule has 2 aromatic carbocycles. The lowest BCUT2D eigenvalue weighted by atomic mass is 9.64. The number of nitrogens with zero attached hydrogens (tertiary/aromatic N) is 4. The number of hydrogen-bond donors (Lipinski definition) is 1. The van der Waals surface area contributed by atoms with E-state index in [2.05, 4.69) is 31.9 Å². The number of likely N-dealkylation sites (tertiary alicyclic amines) is 1. The Hall–Kier alpha value is -3.95. The zero-order chi connectivity index (χ0) is 34.5. The van der Waals surface area contributed by atoms with Gasteiger partial charge in [0.2, 0.25) is 11.8 Å². The molecule has 0 aliphatic carbocycles. The molecule has 3 fully saturated rings. The number of aliphatic hydroxyl groups excluding tert-OH is 1. The van der Waals surface area contributed by atoms with Crippen LogP contribution in [0.1, 0.15) is 58.4 Å². The second-order valence-electron chi connectivity index (χ2n) is 13.2. The highest BCUT2D eigenvalue weighted by Crippen LogP contribution is 2.64. The number of carbonyl (C=O) groups is 3. The molecular weight excluding hydrogens is 604 g/mol. The summed E-state index contributed by atoms with van der Waals surface area (Å²) in [4.78, 5) is 51.7. The highest BCUT2D eigenvalue weighted by Gasteiger charge is 2.79. The first-order chi connectivity index (χ1) is 23.2. The van der Waals surface area contributed by atoms with Crippen molar-refractivity contribution in [2.24, 2.45) is 11.8 Å². The van der Waals surface area contributed by atoms with Gasteiger partial charge < -0.3 is 29.4 Å². The Morgan fingerprint density at radius 3 is 2.21 bits per heavy atom. The van der Waals surface area contributed by atoms with E-state index in [1.807, 2.05) is 61.5 Å². The van der Waals surface area contributed by atoms with E-state index in [4.69, 9.17) is 4.74 Å². The summed E-state index contributed by atoms with van der Waals surface area (Å²) in [5, 5.41) is 9.59. The van der Waals surface area contributed by atoms with E-state index in [1.165, 1.54) is 0 Å². The van der Waals surface area contributed by atoms with Gasteiger partial charge in [-0.2, -0.15) is 0 Å². The van der Waals surface area contributed by atoms with Gasteiger partial charge in [-0.25, -0.2) is 0 Å². The molecule has 5 rings (SSSR count). The Balaban J connectivity index is 1.55. The van der Waals surface area contributed by atoms with Crippen molar-refractivity contribution in [1.29, 1.82) is 0 Å². The maximum absolute atomic E-state index is 15.0. The van der Waals surface area contributed by atoms with E-state index in [0.717, 1.165) is 24.3 Å². The van der Waals surface area contributed by atoms with Crippen LogP contribution in [-0.2, 0) is 25.7 Å². The molecule has 3 amide bonds. The van der Waals surface area contributed by atoms with E-state index >= 15 is 0 Å². The molecular formula is C39H52N4O5. The van der Waals surface area contributed by atoms with Gasteiger partial charge in [0.05, 0.1) is 17.4 Å². The molecule has 2 unspecified atom stereocenters. The van der Waals surface area contributed by atoms with E-state index < -0.39 is 29.1 Å². The van der Waals surface area contributed by atoms with Crippen LogP contribution >= 0.6 is 0 Å². The molecule has 9 nitrogen and oxygen atoms in total. The molecule has 9 heteroatoms. The van der Waals surface area contributed by atoms with Crippen molar-refractivity contribution in [2.45, 2.75) is 76.7 Å². The normalized spacial score (nSPS) is 25.5. The summed E-state index contributed by atoms with van der Waals surface area (Å²) in [7, 11) is 0. The van der Waals surface area contributed by atoms with Gasteiger partial charge in [-0.05, 0) is 75.8 Å².